The smallest absolute Gasteiger partial charge is 0.420 e. The molecule has 9 heteroatoms. The van der Waals surface area contributed by atoms with E-state index in [2.05, 4.69) is 19.8 Å². The van der Waals surface area contributed by atoms with E-state index in [9.17, 15) is 18.0 Å². The lowest BCUT2D eigenvalue weighted by Gasteiger charge is -2.03. The van der Waals surface area contributed by atoms with E-state index in [0.29, 0.717) is 6.20 Å². The summed E-state index contributed by atoms with van der Waals surface area (Å²) < 4.78 is 43.4. The maximum absolute atomic E-state index is 12.8. The summed E-state index contributed by atoms with van der Waals surface area (Å²) in [5.74, 6) is -1.26. The maximum atomic E-state index is 12.8. The molecule has 0 saturated heterocycles. The van der Waals surface area contributed by atoms with Crippen molar-refractivity contribution in [3.05, 3.63) is 35.9 Å². The molecule has 0 aliphatic carbocycles. The Kier molecular flexibility index (Phi) is 3.19. The molecule has 0 saturated carbocycles. The summed E-state index contributed by atoms with van der Waals surface area (Å²) in [5, 5.41) is 3.51. The first kappa shape index (κ1) is 13.0. The summed E-state index contributed by atoms with van der Waals surface area (Å²) >= 11 is 0. The monoisotopic (exact) mass is 272 g/mol. The van der Waals surface area contributed by atoms with Gasteiger partial charge in [0.2, 0.25) is 5.95 Å². The van der Waals surface area contributed by atoms with E-state index >= 15 is 0 Å². The zero-order valence-electron chi connectivity index (χ0n) is 9.55. The molecule has 100 valence electrons. The number of halogens is 3. The molecule has 2 aromatic heterocycles. The summed E-state index contributed by atoms with van der Waals surface area (Å²) in [6, 6.07) is 1.50. The van der Waals surface area contributed by atoms with Gasteiger partial charge in [-0.15, -0.1) is 0 Å². The Hall–Kier alpha value is -2.45. The van der Waals surface area contributed by atoms with Crippen molar-refractivity contribution in [3.8, 4) is 5.95 Å². The first-order valence-corrected chi connectivity index (χ1v) is 4.96. The van der Waals surface area contributed by atoms with Crippen molar-refractivity contribution in [2.24, 2.45) is 0 Å². The molecule has 0 atom stereocenters. The van der Waals surface area contributed by atoms with Crippen LogP contribution in [0.1, 0.15) is 16.1 Å². The molecule has 0 aliphatic heterocycles. The van der Waals surface area contributed by atoms with E-state index in [1.165, 1.54) is 18.5 Å². The van der Waals surface area contributed by atoms with Crippen LogP contribution >= 0.6 is 0 Å². The van der Waals surface area contributed by atoms with E-state index in [1.807, 2.05) is 0 Å². The standard InChI is InChI=1S/C10H7F3N4O2/c1-19-8(18)7-6(10(11,12)13)5-17(16-7)9-14-3-2-4-15-9/h2-5H,1H3. The van der Waals surface area contributed by atoms with Crippen molar-refractivity contribution in [2.45, 2.75) is 6.18 Å². The first-order chi connectivity index (χ1) is 8.93. The highest BCUT2D eigenvalue weighted by molar-refractivity contribution is 5.89. The molecule has 0 radical (unpaired) electrons. The topological polar surface area (TPSA) is 69.9 Å². The van der Waals surface area contributed by atoms with Crippen molar-refractivity contribution in [1.29, 1.82) is 0 Å². The van der Waals surface area contributed by atoms with Crippen LogP contribution in [-0.4, -0.2) is 32.8 Å². The first-order valence-electron chi connectivity index (χ1n) is 4.96. The Morgan fingerprint density at radius 1 is 1.32 bits per heavy atom. The number of nitrogens with zero attached hydrogens (tertiary/aromatic N) is 4. The molecule has 0 spiro atoms. The molecule has 0 fully saturated rings. The van der Waals surface area contributed by atoms with Crippen molar-refractivity contribution in [2.75, 3.05) is 7.11 Å². The number of hydrogen-bond acceptors (Lipinski definition) is 5. The molecule has 6 nitrogen and oxygen atoms in total. The molecule has 19 heavy (non-hydrogen) atoms. The number of alkyl halides is 3. The van der Waals surface area contributed by atoms with Crippen LogP contribution < -0.4 is 0 Å². The Balaban J connectivity index is 2.55. The fourth-order valence-corrected chi connectivity index (χ4v) is 1.34. The molecule has 2 aromatic rings. The highest BCUT2D eigenvalue weighted by atomic mass is 19.4. The minimum Gasteiger partial charge on any atom is -0.464 e. The average Bonchev–Trinajstić information content (AvgIpc) is 2.84. The third-order valence-corrected chi connectivity index (χ3v) is 2.16. The summed E-state index contributed by atoms with van der Waals surface area (Å²) in [7, 11) is 0.973. The highest BCUT2D eigenvalue weighted by Gasteiger charge is 2.39. The molecular formula is C10H7F3N4O2. The minimum absolute atomic E-state index is 0.0804. The fraction of sp³-hybridized carbons (Fsp3) is 0.200. The molecular weight excluding hydrogens is 265 g/mol. The van der Waals surface area contributed by atoms with Crippen molar-refractivity contribution < 1.29 is 22.7 Å². The summed E-state index contributed by atoms with van der Waals surface area (Å²) in [6.45, 7) is 0. The zero-order valence-corrected chi connectivity index (χ0v) is 9.55. The Labute approximate surface area is 104 Å². The van der Waals surface area contributed by atoms with E-state index in [4.69, 9.17) is 0 Å². The van der Waals surface area contributed by atoms with Crippen LogP contribution in [0.25, 0.3) is 5.95 Å². The summed E-state index contributed by atoms with van der Waals surface area (Å²) in [5.41, 5.74) is -2.03. The van der Waals surface area contributed by atoms with Crippen molar-refractivity contribution >= 4 is 5.97 Å². The Bertz CT molecular complexity index is 595. The number of aromatic nitrogens is 4. The van der Waals surface area contributed by atoms with E-state index in [-0.39, 0.29) is 5.95 Å². The van der Waals surface area contributed by atoms with E-state index in [1.54, 1.807) is 0 Å². The number of esters is 1. The third kappa shape index (κ3) is 2.54. The lowest BCUT2D eigenvalue weighted by Crippen LogP contribution is -2.12. The van der Waals surface area contributed by atoms with E-state index in [0.717, 1.165) is 11.8 Å². The second kappa shape index (κ2) is 4.67. The Morgan fingerprint density at radius 3 is 2.47 bits per heavy atom. The predicted octanol–water partition coefficient (Wildman–Crippen LogP) is 1.47. The van der Waals surface area contributed by atoms with Crippen LogP contribution in [0.2, 0.25) is 0 Å². The van der Waals surface area contributed by atoms with Gasteiger partial charge in [-0.3, -0.25) is 0 Å². The maximum Gasteiger partial charge on any atom is 0.420 e. The van der Waals surface area contributed by atoms with Gasteiger partial charge in [0.25, 0.3) is 0 Å². The van der Waals surface area contributed by atoms with Gasteiger partial charge in [0.15, 0.2) is 5.69 Å². The van der Waals surface area contributed by atoms with Gasteiger partial charge in [-0.1, -0.05) is 0 Å². The molecule has 2 heterocycles. The van der Waals surface area contributed by atoms with E-state index < -0.39 is 23.4 Å². The van der Waals surface area contributed by atoms with Gasteiger partial charge >= 0.3 is 12.1 Å². The van der Waals surface area contributed by atoms with Crippen LogP contribution in [0.4, 0.5) is 13.2 Å². The molecule has 0 unspecified atom stereocenters. The minimum atomic E-state index is -4.73. The van der Waals surface area contributed by atoms with Gasteiger partial charge in [-0.05, 0) is 6.07 Å². The number of hydrogen-bond donors (Lipinski definition) is 0. The van der Waals surface area contributed by atoms with Gasteiger partial charge in [-0.2, -0.15) is 18.3 Å². The van der Waals surface area contributed by atoms with Gasteiger partial charge in [0.05, 0.1) is 7.11 Å². The second-order valence-corrected chi connectivity index (χ2v) is 3.37. The lowest BCUT2D eigenvalue weighted by molar-refractivity contribution is -0.138. The van der Waals surface area contributed by atoms with Gasteiger partial charge in [0.1, 0.15) is 5.56 Å². The second-order valence-electron chi connectivity index (χ2n) is 3.37. The van der Waals surface area contributed by atoms with Crippen molar-refractivity contribution in [1.82, 2.24) is 19.7 Å². The molecule has 0 N–H and O–H groups in total. The SMILES string of the molecule is COC(=O)c1nn(-c2ncccn2)cc1C(F)(F)F. The van der Waals surface area contributed by atoms with Crippen LogP contribution in [0.3, 0.4) is 0 Å². The molecule has 0 aliphatic rings. The predicted molar refractivity (Wildman–Crippen MR) is 55.5 cm³/mol. The van der Waals surface area contributed by atoms with Crippen LogP contribution in [-0.2, 0) is 10.9 Å². The average molecular weight is 272 g/mol. The molecule has 2 rings (SSSR count). The number of carbonyl (C=O) groups excluding carboxylic acids is 1. The summed E-state index contributed by atoms with van der Waals surface area (Å²) in [6.07, 6.45) is -1.40. The highest BCUT2D eigenvalue weighted by Crippen LogP contribution is 2.32. The van der Waals surface area contributed by atoms with Crippen LogP contribution in [0.5, 0.6) is 0 Å². The number of carbonyl (C=O) groups is 1. The van der Waals surface area contributed by atoms with Gasteiger partial charge in [-0.25, -0.2) is 19.4 Å². The van der Waals surface area contributed by atoms with Crippen LogP contribution in [0.15, 0.2) is 24.7 Å². The summed E-state index contributed by atoms with van der Waals surface area (Å²) in [4.78, 5) is 18.8. The molecule has 0 aromatic carbocycles. The number of ether oxygens (including phenoxy) is 1. The quantitative estimate of drug-likeness (QED) is 0.774. The van der Waals surface area contributed by atoms with Gasteiger partial charge < -0.3 is 4.74 Å². The fourth-order valence-electron chi connectivity index (χ4n) is 1.34. The molecule has 0 amide bonds. The Morgan fingerprint density at radius 2 is 1.95 bits per heavy atom. The van der Waals surface area contributed by atoms with Crippen LogP contribution in [0, 0.1) is 0 Å². The van der Waals surface area contributed by atoms with Crippen molar-refractivity contribution in [3.63, 3.8) is 0 Å². The zero-order chi connectivity index (χ0) is 14.0. The number of methoxy groups -OCH3 is 1. The molecule has 0 bridgehead atoms. The number of rotatable bonds is 2. The largest absolute Gasteiger partial charge is 0.464 e. The normalized spacial score (nSPS) is 11.4. The van der Waals surface area contributed by atoms with Gasteiger partial charge in [0, 0.05) is 18.6 Å². The lowest BCUT2D eigenvalue weighted by atomic mass is 10.2. The third-order valence-electron chi connectivity index (χ3n) is 2.16.